The highest BCUT2D eigenvalue weighted by Gasteiger charge is 2.35. The van der Waals surface area contributed by atoms with Crippen molar-refractivity contribution in [2.24, 2.45) is 0 Å². The molecule has 1 aromatic carbocycles. The van der Waals surface area contributed by atoms with Gasteiger partial charge in [-0.15, -0.1) is 0 Å². The second-order valence-corrected chi connectivity index (χ2v) is 20.0. The number of amides is 8. The van der Waals surface area contributed by atoms with Crippen molar-refractivity contribution in [1.82, 2.24) is 62.5 Å². The number of rotatable bonds is 40. The van der Waals surface area contributed by atoms with E-state index in [0.717, 1.165) is 0 Å². The molecule has 24 N–H and O–H groups in total. The first-order valence-electron chi connectivity index (χ1n) is 27.0. The van der Waals surface area contributed by atoms with Gasteiger partial charge in [0.15, 0.2) is 29.5 Å². The number of carboxylic acid groups (broad SMARTS) is 3. The fourth-order valence-electron chi connectivity index (χ4n) is 7.64. The van der Waals surface area contributed by atoms with Gasteiger partial charge in [-0.3, -0.25) is 48.1 Å². The number of fused-ring (bicyclic) bond motifs is 1. The van der Waals surface area contributed by atoms with E-state index in [1.807, 2.05) is 0 Å². The van der Waals surface area contributed by atoms with Crippen molar-refractivity contribution in [2.75, 3.05) is 49.5 Å². The molecule has 89 heavy (non-hydrogen) atoms. The first kappa shape index (κ1) is 74.5. The molecule has 8 amide bonds. The van der Waals surface area contributed by atoms with Crippen molar-refractivity contribution in [2.45, 2.75) is 131 Å². The summed E-state index contributed by atoms with van der Waals surface area (Å²) in [6.07, 6.45) is -23.4. The van der Waals surface area contributed by atoms with Gasteiger partial charge in [0.05, 0.1) is 18.4 Å². The Bertz CT molecular complexity index is 3000. The molecular weight excluding hydrogens is 1210 g/mol. The van der Waals surface area contributed by atoms with Gasteiger partial charge in [-0.05, 0) is 49.9 Å². The predicted octanol–water partition coefficient (Wildman–Crippen LogP) is -9.89. The number of nitrogen functional groups attached to an aromatic ring is 1. The molecule has 0 fully saturated rings. The van der Waals surface area contributed by atoms with Crippen molar-refractivity contribution < 1.29 is 114 Å². The number of nitrogens with one attached hydrogen (secondary N) is 10. The van der Waals surface area contributed by atoms with Crippen LogP contribution in [0.5, 0.6) is 0 Å². The number of carbonyl (C=O) groups excluding carboxylic acids is 8. The molecule has 39 heteroatoms. The molecule has 0 spiro atoms. The predicted molar refractivity (Wildman–Crippen MR) is 304 cm³/mol. The number of thiol groups is 1. The van der Waals surface area contributed by atoms with Gasteiger partial charge < -0.3 is 115 Å². The zero-order chi connectivity index (χ0) is 66.7. The minimum absolute atomic E-state index is 0.0297. The lowest BCUT2D eigenvalue weighted by atomic mass is 10.0. The van der Waals surface area contributed by atoms with Crippen LogP contribution in [0.15, 0.2) is 35.3 Å². The lowest BCUT2D eigenvalue weighted by Gasteiger charge is -2.26. The summed E-state index contributed by atoms with van der Waals surface area (Å²) in [5, 5.41) is 137. The quantitative estimate of drug-likeness (QED) is 0.0186. The molecule has 3 aromatic rings. The molecule has 492 valence electrons. The lowest BCUT2D eigenvalue weighted by Crippen LogP contribution is -2.57. The first-order valence-corrected chi connectivity index (χ1v) is 27.6. The summed E-state index contributed by atoms with van der Waals surface area (Å²) >= 11 is 4.02. The third-order valence-electron chi connectivity index (χ3n) is 12.7. The minimum atomic E-state index is -2.48. The molecule has 3 rings (SSSR count). The summed E-state index contributed by atoms with van der Waals surface area (Å²) in [6, 6.07) is 0.747. The van der Waals surface area contributed by atoms with Crippen LogP contribution in [0.3, 0.4) is 0 Å². The van der Waals surface area contributed by atoms with E-state index in [0.29, 0.717) is 11.4 Å². The molecule has 38 nitrogen and oxygen atoms in total. The first-order chi connectivity index (χ1) is 41.9. The van der Waals surface area contributed by atoms with Crippen molar-refractivity contribution >= 4 is 101 Å². The Labute approximate surface area is 508 Å². The third-order valence-corrected chi connectivity index (χ3v) is 12.9. The second kappa shape index (κ2) is 37.1. The number of hydrogen-bond acceptors (Lipinski definition) is 27. The number of benzene rings is 1. The largest absolute Gasteiger partial charge is 0.479 e. The molecule has 2 heterocycles. The molecule has 0 saturated carbocycles. The van der Waals surface area contributed by atoms with Gasteiger partial charge in [0.1, 0.15) is 54.7 Å². The monoisotopic (exact) mass is 1280 g/mol. The van der Waals surface area contributed by atoms with Crippen LogP contribution in [0.4, 0.5) is 11.6 Å². The van der Waals surface area contributed by atoms with E-state index in [1.165, 1.54) is 18.3 Å². The van der Waals surface area contributed by atoms with Crippen LogP contribution in [0.1, 0.15) is 67.4 Å². The molecule has 2 aromatic heterocycles. The molecule has 0 radical (unpaired) electrons. The summed E-state index contributed by atoms with van der Waals surface area (Å²) in [7, 11) is 0. The van der Waals surface area contributed by atoms with Gasteiger partial charge in [-0.2, -0.15) is 17.6 Å². The number of carboxylic acids is 3. The van der Waals surface area contributed by atoms with Crippen LogP contribution in [0.25, 0.3) is 11.2 Å². The molecule has 0 aliphatic rings. The van der Waals surface area contributed by atoms with Crippen LogP contribution < -0.4 is 59.1 Å². The van der Waals surface area contributed by atoms with Crippen LogP contribution in [0.2, 0.25) is 0 Å². The van der Waals surface area contributed by atoms with Gasteiger partial charge >= 0.3 is 17.9 Å². The van der Waals surface area contributed by atoms with Gasteiger partial charge in [-0.25, -0.2) is 24.4 Å². The Balaban J connectivity index is 1.82. The fourth-order valence-corrected chi connectivity index (χ4v) is 7.75. The average Bonchev–Trinajstić information content (AvgIpc) is 1.67. The molecule has 0 saturated heterocycles. The topological polar surface area (TPSA) is 636 Å². The maximum atomic E-state index is 14.2. The van der Waals surface area contributed by atoms with E-state index >= 15 is 0 Å². The Morgan fingerprint density at radius 2 is 0.978 bits per heavy atom. The normalized spacial score (nSPS) is 15.3. The van der Waals surface area contributed by atoms with Gasteiger partial charge in [-0.1, -0.05) is 0 Å². The molecule has 0 aliphatic heterocycles. The van der Waals surface area contributed by atoms with Crippen molar-refractivity contribution in [3.05, 3.63) is 52.1 Å². The Morgan fingerprint density at radius 3 is 1.42 bits per heavy atom. The summed E-state index contributed by atoms with van der Waals surface area (Å²) in [6.45, 7) is -2.62. The Hall–Kier alpha value is -8.80. The number of anilines is 2. The summed E-state index contributed by atoms with van der Waals surface area (Å²) in [5.74, 6) is -13.6. The van der Waals surface area contributed by atoms with Crippen molar-refractivity contribution in [3.8, 4) is 0 Å². The van der Waals surface area contributed by atoms with E-state index in [2.05, 4.69) is 80.4 Å². The van der Waals surface area contributed by atoms with Crippen molar-refractivity contribution in [1.29, 1.82) is 0 Å². The number of aliphatic hydroxyl groups is 9. The lowest BCUT2D eigenvalue weighted by molar-refractivity contribution is -0.158. The number of aliphatic hydroxyl groups excluding tert-OH is 9. The standard InChI is InChI=1S/C50H72N14O24S/c51-50-63-41-34(46(82)64-50)59-23(17-58-41)16-54-22-5-3-21(4-6-22)42(78)52-13-1-2-33(71)60-25(8-11-31(69)56-19-28(66)36(73)39(76)48(85)86)44(80)62-26(9-12-32(70)57-20-29(67)37(74)40(77)49(87)88)45(81)61-24(43(79)53-14-15-89)7-10-30(68)55-18-27(65)35(72)38(75)47(83)84/h3-6,17,24-29,35-40,54,65-67,72-77,89H,1-2,7-16,18-20H2,(H,52,78)(H,53,79)(H,55,68)(H,56,69)(H,57,70)(H,60,71)(H,61,81)(H,62,80)(H,83,84)(H,85,86)(H,87,88)(H3,51,58,63,64,82)/t24-,25-,26-,27-,28-,29-,35+,36+,37+,38-,39-,40-/m0/s1. The van der Waals surface area contributed by atoms with E-state index in [9.17, 15) is 103 Å². The van der Waals surface area contributed by atoms with Crippen LogP contribution >= 0.6 is 12.6 Å². The van der Waals surface area contributed by atoms with Crippen LogP contribution in [-0.2, 0) is 54.5 Å². The fraction of sp³-hybridized carbons (Fsp3) is 0.540. The number of nitrogens with two attached hydrogens (primary N) is 1. The van der Waals surface area contributed by atoms with Gasteiger partial charge in [0.2, 0.25) is 47.3 Å². The molecule has 12 atom stereocenters. The van der Waals surface area contributed by atoms with Gasteiger partial charge in [0, 0.05) is 75.4 Å². The van der Waals surface area contributed by atoms with E-state index in [4.69, 9.17) is 21.1 Å². The van der Waals surface area contributed by atoms with E-state index in [-0.39, 0.29) is 54.5 Å². The zero-order valence-electron chi connectivity index (χ0n) is 47.1. The number of H-pyrrole nitrogens is 1. The number of carbonyl (C=O) groups is 11. The van der Waals surface area contributed by atoms with E-state index < -0.39 is 208 Å². The number of hydrogen-bond donors (Lipinski definition) is 24. The number of aliphatic carboxylic acids is 3. The SMILES string of the molecule is Nc1nc2ncc(CNc3ccc(C(=O)NCCCC(=O)N[C@@H](CCC(=O)NC[C@H](O)[C@@H](O)[C@H](O)C(=O)O)C(=O)N[C@@H](CCC(=O)NC[C@H](O)[C@@H](O)[C@H](O)C(=O)O)C(=O)N[C@@H](CCC(=O)NC[C@H](O)[C@@H](O)[C@H](O)C(=O)O)C(=O)NCCS)cc3)nc2c(=O)[nH]1. The second-order valence-electron chi connectivity index (χ2n) is 19.6. The van der Waals surface area contributed by atoms with Crippen molar-refractivity contribution in [3.63, 3.8) is 0 Å². The maximum Gasteiger partial charge on any atom is 0.335 e. The summed E-state index contributed by atoms with van der Waals surface area (Å²) in [5.41, 5.74) is 6.11. The summed E-state index contributed by atoms with van der Waals surface area (Å²) in [4.78, 5) is 167. The number of aromatic amines is 1. The highest BCUT2D eigenvalue weighted by molar-refractivity contribution is 7.80. The molecule has 0 unspecified atom stereocenters. The molecule has 0 bridgehead atoms. The Morgan fingerprint density at radius 1 is 0.539 bits per heavy atom. The zero-order valence-corrected chi connectivity index (χ0v) is 47.9. The molecule has 0 aliphatic carbocycles. The smallest absolute Gasteiger partial charge is 0.335 e. The Kier molecular flexibility index (Phi) is 31.1. The van der Waals surface area contributed by atoms with Crippen LogP contribution in [-0.4, -0.2) is 258 Å². The van der Waals surface area contributed by atoms with E-state index in [1.54, 1.807) is 12.1 Å². The van der Waals surface area contributed by atoms with Crippen LogP contribution in [0, 0.1) is 0 Å². The number of aromatic nitrogens is 4. The minimum Gasteiger partial charge on any atom is -0.479 e. The maximum absolute atomic E-state index is 14.2. The third kappa shape index (κ3) is 25.4. The van der Waals surface area contributed by atoms with Gasteiger partial charge in [0.25, 0.3) is 11.5 Å². The summed E-state index contributed by atoms with van der Waals surface area (Å²) < 4.78 is 0. The highest BCUT2D eigenvalue weighted by atomic mass is 32.1. The number of nitrogens with zero attached hydrogens (tertiary/aromatic N) is 3. The molecular formula is C50H72N14O24S. The average molecular weight is 1290 g/mol. The highest BCUT2D eigenvalue weighted by Crippen LogP contribution is 2.13.